The maximum atomic E-state index is 9.76. The summed E-state index contributed by atoms with van der Waals surface area (Å²) in [5.41, 5.74) is -0.889. The molecule has 0 aromatic heterocycles. The molecule has 0 aromatic carbocycles. The molecule has 2 N–H and O–H groups in total. The first kappa shape index (κ1) is 5.56. The Hall–Kier alpha value is -0.0800. The van der Waals surface area contributed by atoms with E-state index in [2.05, 4.69) is 0 Å². The maximum Gasteiger partial charge on any atom is 0.0709 e. The smallest absolute Gasteiger partial charge is 0.0709 e. The van der Waals surface area contributed by atoms with Gasteiger partial charge in [-0.3, -0.25) is 0 Å². The van der Waals surface area contributed by atoms with E-state index < -0.39 is 11.2 Å². The van der Waals surface area contributed by atoms with Gasteiger partial charge < -0.3 is 10.2 Å². The molecule has 0 amide bonds. The Kier molecular flexibility index (Phi) is 0.647. The Bertz CT molecular complexity index is 201. The fourth-order valence-electron chi connectivity index (χ4n) is 3.50. The normalized spacial score (nSPS) is 70.2. The van der Waals surface area contributed by atoms with Crippen LogP contribution in [0.2, 0.25) is 0 Å². The highest BCUT2D eigenvalue weighted by Crippen LogP contribution is 2.67. The number of hydrogen-bond donors (Lipinski definition) is 2. The van der Waals surface area contributed by atoms with Crippen LogP contribution in [0.4, 0.5) is 0 Å². The van der Waals surface area contributed by atoms with Gasteiger partial charge in [0.2, 0.25) is 0 Å². The van der Waals surface area contributed by atoms with Crippen molar-refractivity contribution in [3.05, 3.63) is 0 Å². The largest absolute Gasteiger partial charge is 0.390 e. The van der Waals surface area contributed by atoms with Crippen molar-refractivity contribution in [2.45, 2.75) is 36.9 Å². The fraction of sp³-hybridized carbons (Fsp3) is 1.00. The van der Waals surface area contributed by atoms with Gasteiger partial charge in [-0.2, -0.15) is 0 Å². The summed E-state index contributed by atoms with van der Waals surface area (Å²) in [6.07, 6.45) is 3.44. The molecule has 3 aliphatic carbocycles. The second kappa shape index (κ2) is 1.16. The Labute approximate surface area is 59.9 Å². The first-order valence-electron chi connectivity index (χ1n) is 4.06. The summed E-state index contributed by atoms with van der Waals surface area (Å²) < 4.78 is 0. The second-order valence-corrected chi connectivity index (χ2v) is 4.48. The predicted molar refractivity (Wildman–Crippen MR) is 35.3 cm³/mol. The third-order valence-corrected chi connectivity index (χ3v) is 3.75. The average molecular weight is 140 g/mol. The minimum atomic E-state index is -0.456. The van der Waals surface area contributed by atoms with Crippen molar-refractivity contribution in [2.24, 2.45) is 11.8 Å². The van der Waals surface area contributed by atoms with Gasteiger partial charge in [0.15, 0.2) is 0 Å². The van der Waals surface area contributed by atoms with Crippen molar-refractivity contribution >= 4 is 0 Å². The lowest BCUT2D eigenvalue weighted by Gasteiger charge is -2.50. The van der Waals surface area contributed by atoms with Crippen LogP contribution in [0.1, 0.15) is 25.7 Å². The van der Waals surface area contributed by atoms with Crippen molar-refractivity contribution in [3.8, 4) is 0 Å². The van der Waals surface area contributed by atoms with E-state index in [1.165, 1.54) is 0 Å². The lowest BCUT2D eigenvalue weighted by atomic mass is 9.60. The predicted octanol–water partition coefficient (Wildman–Crippen LogP) is 0.282. The molecule has 0 aromatic rings. The molecule has 0 radical (unpaired) electrons. The summed E-state index contributed by atoms with van der Waals surface area (Å²) in [6.45, 7) is 0. The molecule has 2 bridgehead atoms. The van der Waals surface area contributed by atoms with Crippen LogP contribution in [0, 0.1) is 11.8 Å². The molecule has 4 atom stereocenters. The second-order valence-electron chi connectivity index (χ2n) is 4.48. The molecule has 4 unspecified atom stereocenters. The van der Waals surface area contributed by atoms with Crippen LogP contribution < -0.4 is 0 Å². The Balaban J connectivity index is 2.05. The van der Waals surface area contributed by atoms with Crippen molar-refractivity contribution in [1.82, 2.24) is 0 Å². The van der Waals surface area contributed by atoms with Gasteiger partial charge in [-0.15, -0.1) is 0 Å². The van der Waals surface area contributed by atoms with Gasteiger partial charge in [0.25, 0.3) is 0 Å². The first-order valence-corrected chi connectivity index (χ1v) is 4.06. The quantitative estimate of drug-likeness (QED) is 0.507. The van der Waals surface area contributed by atoms with Crippen molar-refractivity contribution in [3.63, 3.8) is 0 Å². The Morgan fingerprint density at radius 1 is 1.10 bits per heavy atom. The van der Waals surface area contributed by atoms with Crippen LogP contribution in [0.15, 0.2) is 0 Å². The molecule has 3 aliphatic rings. The van der Waals surface area contributed by atoms with E-state index in [4.69, 9.17) is 0 Å². The Morgan fingerprint density at radius 2 is 1.90 bits per heavy atom. The van der Waals surface area contributed by atoms with Crippen LogP contribution in [-0.4, -0.2) is 21.4 Å². The summed E-state index contributed by atoms with van der Waals surface area (Å²) in [6, 6.07) is 0. The molecule has 2 heteroatoms. The molecule has 3 saturated carbocycles. The highest BCUT2D eigenvalue weighted by molar-refractivity contribution is 5.20. The van der Waals surface area contributed by atoms with E-state index >= 15 is 0 Å². The van der Waals surface area contributed by atoms with Crippen molar-refractivity contribution in [2.75, 3.05) is 0 Å². The van der Waals surface area contributed by atoms with Gasteiger partial charge in [0, 0.05) is 6.42 Å². The third-order valence-electron chi connectivity index (χ3n) is 3.75. The summed E-state index contributed by atoms with van der Waals surface area (Å²) in [5, 5.41) is 19.5. The molecule has 0 aliphatic heterocycles. The highest BCUT2D eigenvalue weighted by atomic mass is 16.3. The zero-order chi connectivity index (χ0) is 6.98. The molecule has 2 nitrogen and oxygen atoms in total. The molecule has 10 heavy (non-hydrogen) atoms. The van der Waals surface area contributed by atoms with Gasteiger partial charge in [-0.1, -0.05) is 0 Å². The number of aliphatic hydroxyl groups is 2. The van der Waals surface area contributed by atoms with E-state index in [-0.39, 0.29) is 0 Å². The summed E-state index contributed by atoms with van der Waals surface area (Å²) in [5.74, 6) is 1.11. The third kappa shape index (κ3) is 0.397. The van der Waals surface area contributed by atoms with Gasteiger partial charge >= 0.3 is 0 Å². The van der Waals surface area contributed by atoms with E-state index in [9.17, 15) is 10.2 Å². The van der Waals surface area contributed by atoms with E-state index in [1.54, 1.807) is 0 Å². The fourth-order valence-corrected chi connectivity index (χ4v) is 3.50. The van der Waals surface area contributed by atoms with Crippen LogP contribution >= 0.6 is 0 Å². The Morgan fingerprint density at radius 3 is 2.20 bits per heavy atom. The van der Waals surface area contributed by atoms with Crippen LogP contribution in [-0.2, 0) is 0 Å². The van der Waals surface area contributed by atoms with Gasteiger partial charge in [-0.25, -0.2) is 0 Å². The van der Waals surface area contributed by atoms with Crippen molar-refractivity contribution < 1.29 is 10.2 Å². The topological polar surface area (TPSA) is 40.5 Å². The molecular weight excluding hydrogens is 128 g/mol. The zero-order valence-electron chi connectivity index (χ0n) is 5.88. The van der Waals surface area contributed by atoms with Crippen LogP contribution in [0.25, 0.3) is 0 Å². The molecule has 0 spiro atoms. The van der Waals surface area contributed by atoms with Gasteiger partial charge in [0.1, 0.15) is 0 Å². The molecule has 0 saturated heterocycles. The number of rotatable bonds is 0. The van der Waals surface area contributed by atoms with Crippen molar-refractivity contribution in [1.29, 1.82) is 0 Å². The van der Waals surface area contributed by atoms with Crippen LogP contribution in [0.3, 0.4) is 0 Å². The van der Waals surface area contributed by atoms with E-state index in [0.29, 0.717) is 18.3 Å². The maximum absolute atomic E-state index is 9.76. The lowest BCUT2D eigenvalue weighted by Crippen LogP contribution is -2.54. The SMILES string of the molecule is OC12CC3CC(O)(C1)C3C2. The minimum Gasteiger partial charge on any atom is -0.390 e. The van der Waals surface area contributed by atoms with E-state index in [1.807, 2.05) is 0 Å². The average Bonchev–Trinajstić information content (AvgIpc) is 2.14. The monoisotopic (exact) mass is 140 g/mol. The van der Waals surface area contributed by atoms with E-state index in [0.717, 1.165) is 19.3 Å². The molecule has 56 valence electrons. The zero-order valence-corrected chi connectivity index (χ0v) is 5.88. The molecular formula is C8H12O2. The number of hydrogen-bond acceptors (Lipinski definition) is 2. The standard InChI is InChI=1S/C8H12O2/c9-7-1-5-2-8(10,4-7)6(5)3-7/h5-6,9-10H,1-4H2. The lowest BCUT2D eigenvalue weighted by molar-refractivity contribution is -0.154. The van der Waals surface area contributed by atoms with Crippen LogP contribution in [0.5, 0.6) is 0 Å². The summed E-state index contributed by atoms with van der Waals surface area (Å²) in [4.78, 5) is 0. The van der Waals surface area contributed by atoms with Gasteiger partial charge in [0.05, 0.1) is 11.2 Å². The molecule has 0 heterocycles. The molecule has 3 rings (SSSR count). The summed E-state index contributed by atoms with van der Waals surface area (Å²) in [7, 11) is 0. The highest BCUT2D eigenvalue weighted by Gasteiger charge is 2.69. The minimum absolute atomic E-state index is 0.433. The molecule has 3 fully saturated rings. The number of fused-ring (bicyclic) bond motifs is 1. The summed E-state index contributed by atoms with van der Waals surface area (Å²) >= 11 is 0. The van der Waals surface area contributed by atoms with Gasteiger partial charge in [-0.05, 0) is 31.1 Å². The first-order chi connectivity index (χ1) is 4.61.